The fourth-order valence-electron chi connectivity index (χ4n) is 2.66. The van der Waals surface area contributed by atoms with Crippen molar-refractivity contribution >= 4 is 5.69 Å². The van der Waals surface area contributed by atoms with Gasteiger partial charge in [-0.15, -0.1) is 0 Å². The molecule has 0 fully saturated rings. The molecular formula is C15H19N3O. The second kappa shape index (κ2) is 4.70. The zero-order valence-corrected chi connectivity index (χ0v) is 11.6. The van der Waals surface area contributed by atoms with Crippen LogP contribution in [0, 0.1) is 13.8 Å². The van der Waals surface area contributed by atoms with Crippen LogP contribution < -0.4 is 5.32 Å². The number of fused-ring (bicyclic) bond motifs is 1. The molecule has 0 saturated carbocycles. The molecule has 1 aliphatic rings. The molecule has 3 rings (SSSR count). The Hall–Kier alpha value is -1.81. The molecule has 1 aromatic carbocycles. The average Bonchev–Trinajstić information content (AvgIpc) is 2.66. The molecule has 4 nitrogen and oxygen atoms in total. The van der Waals surface area contributed by atoms with E-state index in [4.69, 9.17) is 4.74 Å². The van der Waals surface area contributed by atoms with Gasteiger partial charge >= 0.3 is 0 Å². The number of anilines is 1. The number of ether oxygens (including phenoxy) is 1. The van der Waals surface area contributed by atoms with Crippen LogP contribution in [0.4, 0.5) is 5.69 Å². The van der Waals surface area contributed by atoms with Gasteiger partial charge in [-0.2, -0.15) is 5.10 Å². The summed E-state index contributed by atoms with van der Waals surface area (Å²) in [5, 5.41) is 8.03. The van der Waals surface area contributed by atoms with Gasteiger partial charge in [-0.3, -0.25) is 4.68 Å². The van der Waals surface area contributed by atoms with Gasteiger partial charge in [0.25, 0.3) is 0 Å². The predicted octanol–water partition coefficient (Wildman–Crippen LogP) is 2.72. The van der Waals surface area contributed by atoms with Crippen molar-refractivity contribution in [1.82, 2.24) is 9.78 Å². The lowest BCUT2D eigenvalue weighted by Crippen LogP contribution is -2.23. The van der Waals surface area contributed by atoms with Crippen LogP contribution in [0.15, 0.2) is 24.3 Å². The van der Waals surface area contributed by atoms with Crippen molar-refractivity contribution in [2.75, 3.05) is 11.9 Å². The molecule has 0 radical (unpaired) electrons. The minimum Gasteiger partial charge on any atom is -0.374 e. The minimum atomic E-state index is 0.201. The molecule has 1 unspecified atom stereocenters. The van der Waals surface area contributed by atoms with E-state index < -0.39 is 0 Å². The Balaban J connectivity index is 1.93. The highest BCUT2D eigenvalue weighted by Gasteiger charge is 2.22. The molecule has 4 heteroatoms. The molecule has 1 N–H and O–H groups in total. The van der Waals surface area contributed by atoms with Gasteiger partial charge in [0, 0.05) is 7.05 Å². The largest absolute Gasteiger partial charge is 0.374 e. The average molecular weight is 257 g/mol. The molecule has 0 amide bonds. The highest BCUT2D eigenvalue weighted by atomic mass is 16.5. The molecule has 2 aromatic rings. The normalized spacial score (nSPS) is 18.2. The van der Waals surface area contributed by atoms with Gasteiger partial charge in [-0.05, 0) is 25.0 Å². The Morgan fingerprint density at radius 2 is 2.11 bits per heavy atom. The summed E-state index contributed by atoms with van der Waals surface area (Å²) >= 11 is 0. The van der Waals surface area contributed by atoms with E-state index in [1.807, 2.05) is 18.7 Å². The van der Waals surface area contributed by atoms with Crippen LogP contribution in [-0.4, -0.2) is 16.4 Å². The smallest absolute Gasteiger partial charge is 0.0828 e. The monoisotopic (exact) mass is 257 g/mol. The number of aromatic nitrogens is 2. The highest BCUT2D eigenvalue weighted by molar-refractivity contribution is 5.54. The van der Waals surface area contributed by atoms with Gasteiger partial charge in [0.15, 0.2) is 0 Å². The van der Waals surface area contributed by atoms with E-state index in [9.17, 15) is 0 Å². The van der Waals surface area contributed by atoms with Gasteiger partial charge in [0.1, 0.15) is 0 Å². The van der Waals surface area contributed by atoms with Gasteiger partial charge in [0.2, 0.25) is 0 Å². The summed E-state index contributed by atoms with van der Waals surface area (Å²) in [7, 11) is 1.97. The van der Waals surface area contributed by atoms with Crippen LogP contribution in [-0.2, 0) is 18.4 Å². The van der Waals surface area contributed by atoms with Crippen molar-refractivity contribution in [2.24, 2.45) is 7.05 Å². The SMILES string of the molecule is Cc1nn(C)c(C)c1NC1COCc2ccccc21. The van der Waals surface area contributed by atoms with Gasteiger partial charge < -0.3 is 10.1 Å². The number of benzene rings is 1. The zero-order valence-electron chi connectivity index (χ0n) is 11.6. The van der Waals surface area contributed by atoms with E-state index in [2.05, 4.69) is 41.6 Å². The second-order valence-electron chi connectivity index (χ2n) is 5.08. The Morgan fingerprint density at radius 3 is 2.84 bits per heavy atom. The van der Waals surface area contributed by atoms with Crippen LogP contribution in [0.2, 0.25) is 0 Å². The van der Waals surface area contributed by atoms with E-state index >= 15 is 0 Å². The predicted molar refractivity (Wildman–Crippen MR) is 75.1 cm³/mol. The number of hydrogen-bond donors (Lipinski definition) is 1. The zero-order chi connectivity index (χ0) is 13.4. The third-order valence-corrected chi connectivity index (χ3v) is 3.80. The van der Waals surface area contributed by atoms with Crippen molar-refractivity contribution in [2.45, 2.75) is 26.5 Å². The van der Waals surface area contributed by atoms with Crippen LogP contribution in [0.3, 0.4) is 0 Å². The van der Waals surface area contributed by atoms with Gasteiger partial charge in [-0.1, -0.05) is 24.3 Å². The van der Waals surface area contributed by atoms with Crippen molar-refractivity contribution < 1.29 is 4.74 Å². The molecular weight excluding hydrogens is 238 g/mol. The second-order valence-corrected chi connectivity index (χ2v) is 5.08. The Morgan fingerprint density at radius 1 is 1.32 bits per heavy atom. The summed E-state index contributed by atoms with van der Waals surface area (Å²) in [6.45, 7) is 5.52. The van der Waals surface area contributed by atoms with Crippen molar-refractivity contribution in [3.8, 4) is 0 Å². The maximum atomic E-state index is 5.68. The lowest BCUT2D eigenvalue weighted by atomic mass is 9.99. The van der Waals surface area contributed by atoms with Gasteiger partial charge in [-0.25, -0.2) is 0 Å². The first-order valence-corrected chi connectivity index (χ1v) is 6.59. The van der Waals surface area contributed by atoms with Crippen molar-refractivity contribution in [3.05, 3.63) is 46.8 Å². The number of hydrogen-bond acceptors (Lipinski definition) is 3. The van der Waals surface area contributed by atoms with Crippen LogP contribution in [0.25, 0.3) is 0 Å². The van der Waals surface area contributed by atoms with Crippen molar-refractivity contribution in [3.63, 3.8) is 0 Å². The maximum absolute atomic E-state index is 5.68. The number of rotatable bonds is 2. The topological polar surface area (TPSA) is 39.1 Å². The molecule has 1 atom stereocenters. The number of nitrogens with one attached hydrogen (secondary N) is 1. The van der Waals surface area contributed by atoms with Crippen molar-refractivity contribution in [1.29, 1.82) is 0 Å². The summed E-state index contributed by atoms with van der Waals surface area (Å²) in [6.07, 6.45) is 0. The Bertz CT molecular complexity index is 603. The molecule has 0 spiro atoms. The molecule has 19 heavy (non-hydrogen) atoms. The van der Waals surface area contributed by atoms with E-state index in [0.717, 1.165) is 17.1 Å². The number of nitrogens with zero attached hydrogens (tertiary/aromatic N) is 2. The lowest BCUT2D eigenvalue weighted by molar-refractivity contribution is 0.0970. The fourth-order valence-corrected chi connectivity index (χ4v) is 2.66. The first-order valence-electron chi connectivity index (χ1n) is 6.59. The summed E-state index contributed by atoms with van der Waals surface area (Å²) in [6, 6.07) is 8.65. The third-order valence-electron chi connectivity index (χ3n) is 3.80. The molecule has 2 heterocycles. The molecule has 1 aromatic heterocycles. The minimum absolute atomic E-state index is 0.201. The standard InChI is InChI=1S/C15H19N3O/c1-10-15(11(2)18(3)17-10)16-14-9-19-8-12-6-4-5-7-13(12)14/h4-7,14,16H,8-9H2,1-3H3. The van der Waals surface area contributed by atoms with E-state index in [-0.39, 0.29) is 6.04 Å². The summed E-state index contributed by atoms with van der Waals surface area (Å²) in [5.41, 5.74) is 5.90. The third kappa shape index (κ3) is 2.12. The Kier molecular flexibility index (Phi) is 3.03. The van der Waals surface area contributed by atoms with E-state index in [0.29, 0.717) is 13.2 Å². The number of aryl methyl sites for hydroxylation is 2. The first-order chi connectivity index (χ1) is 9.16. The van der Waals surface area contributed by atoms with Crippen LogP contribution in [0.5, 0.6) is 0 Å². The Labute approximate surface area is 113 Å². The summed E-state index contributed by atoms with van der Waals surface area (Å²) < 4.78 is 7.59. The summed E-state index contributed by atoms with van der Waals surface area (Å²) in [5.74, 6) is 0. The van der Waals surface area contributed by atoms with Gasteiger partial charge in [0.05, 0.1) is 36.3 Å². The molecule has 0 aliphatic carbocycles. The molecule has 0 bridgehead atoms. The molecule has 0 saturated heterocycles. The van der Waals surface area contributed by atoms with Crippen LogP contribution in [0.1, 0.15) is 28.6 Å². The van der Waals surface area contributed by atoms with E-state index in [1.165, 1.54) is 11.1 Å². The lowest BCUT2D eigenvalue weighted by Gasteiger charge is -2.27. The first kappa shape index (κ1) is 12.2. The maximum Gasteiger partial charge on any atom is 0.0828 e. The van der Waals surface area contributed by atoms with E-state index in [1.54, 1.807) is 0 Å². The quantitative estimate of drug-likeness (QED) is 0.899. The molecule has 100 valence electrons. The van der Waals surface area contributed by atoms with Crippen LogP contribution >= 0.6 is 0 Å². The molecule has 1 aliphatic heterocycles. The highest BCUT2D eigenvalue weighted by Crippen LogP contribution is 2.30. The fraction of sp³-hybridized carbons (Fsp3) is 0.400. The summed E-state index contributed by atoms with van der Waals surface area (Å²) in [4.78, 5) is 0.